The second-order valence-electron chi connectivity index (χ2n) is 5.37. The number of hydrogen-bond donors (Lipinski definition) is 1. The van der Waals surface area contributed by atoms with Crippen molar-refractivity contribution in [1.82, 2.24) is 19.7 Å². The van der Waals surface area contributed by atoms with Crippen molar-refractivity contribution in [2.75, 3.05) is 13.7 Å². The number of likely N-dealkylation sites (tertiary alicyclic amines) is 1. The maximum absolute atomic E-state index is 12.6. The van der Waals surface area contributed by atoms with Gasteiger partial charge in [0.2, 0.25) is 5.88 Å². The molecule has 1 aliphatic heterocycles. The van der Waals surface area contributed by atoms with Crippen LogP contribution in [0.25, 0.3) is 0 Å². The van der Waals surface area contributed by atoms with Crippen LogP contribution in [-0.4, -0.2) is 39.2 Å². The first-order valence-electron chi connectivity index (χ1n) is 7.15. The second-order valence-corrected chi connectivity index (χ2v) is 5.37. The number of hydrogen-bond acceptors (Lipinski definition) is 3. The van der Waals surface area contributed by atoms with Crippen molar-refractivity contribution in [2.45, 2.75) is 25.8 Å². The van der Waals surface area contributed by atoms with E-state index in [0.717, 1.165) is 36.5 Å². The van der Waals surface area contributed by atoms with Crippen molar-refractivity contribution in [3.8, 4) is 5.88 Å². The molecule has 1 amide bonds. The Morgan fingerprint density at radius 1 is 1.52 bits per heavy atom. The molecule has 1 atom stereocenters. The number of H-pyrrole nitrogens is 1. The summed E-state index contributed by atoms with van der Waals surface area (Å²) in [4.78, 5) is 17.5. The summed E-state index contributed by atoms with van der Waals surface area (Å²) in [6.45, 7) is 2.73. The lowest BCUT2D eigenvalue weighted by Gasteiger charge is -2.24. The van der Waals surface area contributed by atoms with E-state index in [9.17, 15) is 4.79 Å². The highest BCUT2D eigenvalue weighted by molar-refractivity contribution is 5.93. The number of aromatic amines is 1. The number of rotatable bonds is 3. The van der Waals surface area contributed by atoms with Crippen LogP contribution < -0.4 is 4.74 Å². The first-order valence-corrected chi connectivity index (χ1v) is 7.15. The number of nitrogens with zero attached hydrogens (tertiary/aromatic N) is 3. The lowest BCUT2D eigenvalue weighted by atomic mass is 10.0. The molecule has 0 aliphatic carbocycles. The summed E-state index contributed by atoms with van der Waals surface area (Å²) in [6, 6.07) is 3.68. The lowest BCUT2D eigenvalue weighted by molar-refractivity contribution is 0.0728. The molecular formula is C15H20N4O2. The molecule has 1 N–H and O–H groups in total. The van der Waals surface area contributed by atoms with Gasteiger partial charge < -0.3 is 14.6 Å². The number of amides is 1. The Hall–Kier alpha value is -2.24. The average Bonchev–Trinajstić information content (AvgIpc) is 3.16. The van der Waals surface area contributed by atoms with E-state index >= 15 is 0 Å². The largest absolute Gasteiger partial charge is 0.481 e. The van der Waals surface area contributed by atoms with Gasteiger partial charge >= 0.3 is 0 Å². The van der Waals surface area contributed by atoms with Crippen LogP contribution in [0.1, 0.15) is 40.6 Å². The normalized spacial score (nSPS) is 18.2. The summed E-state index contributed by atoms with van der Waals surface area (Å²) >= 11 is 0. The summed E-state index contributed by atoms with van der Waals surface area (Å²) in [6.07, 6.45) is 3.71. The van der Waals surface area contributed by atoms with Gasteiger partial charge in [-0.15, -0.1) is 0 Å². The van der Waals surface area contributed by atoms with Gasteiger partial charge in [0.05, 0.1) is 24.4 Å². The average molecular weight is 288 g/mol. The van der Waals surface area contributed by atoms with E-state index in [1.165, 1.54) is 0 Å². The van der Waals surface area contributed by atoms with E-state index in [1.54, 1.807) is 18.0 Å². The molecule has 6 nitrogen and oxygen atoms in total. The molecule has 3 heterocycles. The molecule has 6 heteroatoms. The van der Waals surface area contributed by atoms with Crippen molar-refractivity contribution >= 4 is 5.91 Å². The van der Waals surface area contributed by atoms with E-state index in [2.05, 4.69) is 10.1 Å². The van der Waals surface area contributed by atoms with E-state index in [4.69, 9.17) is 4.74 Å². The van der Waals surface area contributed by atoms with Crippen LogP contribution in [0.5, 0.6) is 5.88 Å². The van der Waals surface area contributed by atoms with Gasteiger partial charge in [0.25, 0.3) is 5.91 Å². The number of aromatic nitrogens is 3. The number of carbonyl (C=O) groups excluding carboxylic acids is 1. The highest BCUT2D eigenvalue weighted by atomic mass is 16.5. The quantitative estimate of drug-likeness (QED) is 0.940. The molecule has 3 rings (SSSR count). The molecular weight excluding hydrogens is 268 g/mol. The maximum Gasteiger partial charge on any atom is 0.270 e. The third-order valence-corrected chi connectivity index (χ3v) is 4.08. The van der Waals surface area contributed by atoms with Gasteiger partial charge in [-0.05, 0) is 31.9 Å². The minimum Gasteiger partial charge on any atom is -0.481 e. The van der Waals surface area contributed by atoms with Crippen molar-refractivity contribution in [3.63, 3.8) is 0 Å². The van der Waals surface area contributed by atoms with Crippen LogP contribution in [0.15, 0.2) is 18.3 Å². The zero-order chi connectivity index (χ0) is 15.0. The molecule has 1 aliphatic rings. The molecule has 2 aromatic rings. The van der Waals surface area contributed by atoms with Crippen LogP contribution in [0.4, 0.5) is 0 Å². The molecule has 0 spiro atoms. The second kappa shape index (κ2) is 5.27. The van der Waals surface area contributed by atoms with Crippen molar-refractivity contribution in [1.29, 1.82) is 0 Å². The Labute approximate surface area is 123 Å². The van der Waals surface area contributed by atoms with E-state index in [0.29, 0.717) is 5.69 Å². The Balaban J connectivity index is 1.96. The summed E-state index contributed by atoms with van der Waals surface area (Å²) < 4.78 is 7.22. The molecule has 21 heavy (non-hydrogen) atoms. The third-order valence-electron chi connectivity index (χ3n) is 4.08. The van der Waals surface area contributed by atoms with Crippen LogP contribution >= 0.6 is 0 Å². The van der Waals surface area contributed by atoms with E-state index in [-0.39, 0.29) is 11.9 Å². The topological polar surface area (TPSA) is 63.1 Å². The third kappa shape index (κ3) is 2.20. The lowest BCUT2D eigenvalue weighted by Crippen LogP contribution is -2.31. The minimum absolute atomic E-state index is 0.0319. The molecule has 0 unspecified atom stereocenters. The van der Waals surface area contributed by atoms with Gasteiger partial charge in [0.1, 0.15) is 5.69 Å². The molecule has 0 radical (unpaired) electrons. The van der Waals surface area contributed by atoms with E-state index < -0.39 is 0 Å². The van der Waals surface area contributed by atoms with Gasteiger partial charge in [0, 0.05) is 19.8 Å². The number of nitrogens with one attached hydrogen (secondary N) is 1. The first-order chi connectivity index (χ1) is 10.1. The zero-order valence-corrected chi connectivity index (χ0v) is 12.6. The van der Waals surface area contributed by atoms with Gasteiger partial charge in [0.15, 0.2) is 0 Å². The Morgan fingerprint density at radius 2 is 2.33 bits per heavy atom. The summed E-state index contributed by atoms with van der Waals surface area (Å²) in [5, 5.41) is 4.43. The molecule has 0 bridgehead atoms. The Morgan fingerprint density at radius 3 is 3.00 bits per heavy atom. The predicted octanol–water partition coefficient (Wildman–Crippen LogP) is 2.04. The van der Waals surface area contributed by atoms with Crippen LogP contribution in [0, 0.1) is 6.92 Å². The van der Waals surface area contributed by atoms with Crippen LogP contribution in [0.3, 0.4) is 0 Å². The molecule has 1 saturated heterocycles. The zero-order valence-electron chi connectivity index (χ0n) is 12.6. The monoisotopic (exact) mass is 288 g/mol. The smallest absolute Gasteiger partial charge is 0.270 e. The molecule has 0 saturated carbocycles. The minimum atomic E-state index is 0.0319. The van der Waals surface area contributed by atoms with E-state index in [1.807, 2.05) is 31.0 Å². The van der Waals surface area contributed by atoms with Crippen LogP contribution in [0.2, 0.25) is 0 Å². The van der Waals surface area contributed by atoms with Crippen LogP contribution in [-0.2, 0) is 7.05 Å². The number of carbonyl (C=O) groups is 1. The number of methoxy groups -OCH3 is 1. The maximum atomic E-state index is 12.6. The van der Waals surface area contributed by atoms with Gasteiger partial charge in [-0.1, -0.05) is 0 Å². The molecule has 1 fully saturated rings. The first kappa shape index (κ1) is 13.7. The van der Waals surface area contributed by atoms with Crippen molar-refractivity contribution in [3.05, 3.63) is 35.3 Å². The highest BCUT2D eigenvalue weighted by Gasteiger charge is 2.35. The van der Waals surface area contributed by atoms with Crippen molar-refractivity contribution in [2.24, 2.45) is 7.05 Å². The molecule has 0 aromatic carbocycles. The fourth-order valence-electron chi connectivity index (χ4n) is 3.21. The number of ether oxygens (including phenoxy) is 1. The van der Waals surface area contributed by atoms with Gasteiger partial charge in [-0.2, -0.15) is 5.10 Å². The van der Waals surface area contributed by atoms with Crippen molar-refractivity contribution < 1.29 is 9.53 Å². The Kier molecular flexibility index (Phi) is 3.45. The highest BCUT2D eigenvalue weighted by Crippen LogP contribution is 2.39. The fraction of sp³-hybridized carbons (Fsp3) is 0.467. The Bertz CT molecular complexity index is 645. The summed E-state index contributed by atoms with van der Waals surface area (Å²) in [7, 11) is 3.51. The predicted molar refractivity (Wildman–Crippen MR) is 78.3 cm³/mol. The number of aryl methyl sites for hydroxylation is 2. The fourth-order valence-corrected chi connectivity index (χ4v) is 3.21. The summed E-state index contributed by atoms with van der Waals surface area (Å²) in [5.74, 6) is 0.775. The van der Waals surface area contributed by atoms with Gasteiger partial charge in [-0.3, -0.25) is 4.79 Å². The van der Waals surface area contributed by atoms with Gasteiger partial charge in [-0.25, -0.2) is 4.68 Å². The SMILES string of the molecule is COc1c([C@H]2CCCN2C(=O)c2ccc[nH]2)c(C)nn1C. The summed E-state index contributed by atoms with van der Waals surface area (Å²) in [5.41, 5.74) is 2.57. The standard InChI is InChI=1S/C15H20N4O2/c1-10-13(15(21-3)18(2)17-10)12-7-5-9-19(12)14(20)11-6-4-8-16-11/h4,6,8,12,16H,5,7,9H2,1-3H3/t12-/m1/s1. The molecule has 112 valence electrons. The molecule has 2 aromatic heterocycles.